The van der Waals surface area contributed by atoms with Crippen molar-refractivity contribution in [2.75, 3.05) is 33.3 Å². The first-order valence-corrected chi connectivity index (χ1v) is 6.03. The number of hydrogen-bond donors (Lipinski definition) is 1. The fourth-order valence-corrected chi connectivity index (χ4v) is 1.87. The van der Waals surface area contributed by atoms with Gasteiger partial charge in [0.25, 0.3) is 0 Å². The van der Waals surface area contributed by atoms with E-state index < -0.39 is 0 Å². The Kier molecular flexibility index (Phi) is 4.04. The lowest BCUT2D eigenvalue weighted by Crippen LogP contribution is -2.47. The van der Waals surface area contributed by atoms with Gasteiger partial charge in [-0.15, -0.1) is 0 Å². The number of piperazine rings is 1. The molecule has 1 aliphatic rings. The summed E-state index contributed by atoms with van der Waals surface area (Å²) < 4.78 is 10.6. The van der Waals surface area contributed by atoms with E-state index in [1.165, 1.54) is 0 Å². The maximum Gasteiger partial charge on any atom is 0.415 e. The Morgan fingerprint density at radius 1 is 1.28 bits per heavy atom. The van der Waals surface area contributed by atoms with Gasteiger partial charge < -0.3 is 19.7 Å². The number of amides is 1. The molecule has 0 bridgehead atoms. The zero-order valence-electron chi connectivity index (χ0n) is 10.7. The van der Waals surface area contributed by atoms with Gasteiger partial charge in [0.15, 0.2) is 11.5 Å². The van der Waals surface area contributed by atoms with Crippen molar-refractivity contribution < 1.29 is 14.3 Å². The smallest absolute Gasteiger partial charge is 0.415 e. The molecular formula is C13H18N2O3. The highest BCUT2D eigenvalue weighted by atomic mass is 16.6. The van der Waals surface area contributed by atoms with Crippen LogP contribution in [0.1, 0.15) is 5.56 Å². The number of nitrogens with one attached hydrogen (secondary N) is 1. The second kappa shape index (κ2) is 5.73. The number of ether oxygens (including phenoxy) is 2. The number of methoxy groups -OCH3 is 1. The summed E-state index contributed by atoms with van der Waals surface area (Å²) in [6, 6.07) is 5.50. The average molecular weight is 250 g/mol. The van der Waals surface area contributed by atoms with Crippen LogP contribution in [0.5, 0.6) is 11.5 Å². The van der Waals surface area contributed by atoms with Crippen LogP contribution in [0.15, 0.2) is 18.2 Å². The molecule has 1 aliphatic heterocycles. The first-order valence-electron chi connectivity index (χ1n) is 6.03. The molecule has 0 atom stereocenters. The van der Waals surface area contributed by atoms with Crippen LogP contribution in [0.4, 0.5) is 4.79 Å². The second-order valence-electron chi connectivity index (χ2n) is 4.26. The number of carbonyl (C=O) groups excluding carboxylic acids is 1. The Balaban J connectivity index is 2.06. The monoisotopic (exact) mass is 250 g/mol. The van der Waals surface area contributed by atoms with E-state index in [0.717, 1.165) is 18.7 Å². The fourth-order valence-electron chi connectivity index (χ4n) is 1.87. The molecule has 98 valence electrons. The molecule has 5 nitrogen and oxygen atoms in total. The van der Waals surface area contributed by atoms with Gasteiger partial charge in [0.2, 0.25) is 0 Å². The van der Waals surface area contributed by atoms with E-state index in [1.54, 1.807) is 18.1 Å². The van der Waals surface area contributed by atoms with E-state index in [4.69, 9.17) is 9.47 Å². The van der Waals surface area contributed by atoms with Crippen LogP contribution in [0.3, 0.4) is 0 Å². The van der Waals surface area contributed by atoms with Gasteiger partial charge in [0.05, 0.1) is 7.11 Å². The Labute approximate surface area is 107 Å². The van der Waals surface area contributed by atoms with Crippen molar-refractivity contribution in [2.24, 2.45) is 0 Å². The Morgan fingerprint density at radius 3 is 2.67 bits per heavy atom. The zero-order valence-corrected chi connectivity index (χ0v) is 10.7. The van der Waals surface area contributed by atoms with E-state index in [9.17, 15) is 4.79 Å². The standard InChI is InChI=1S/C13H18N2O3/c1-10-3-4-11(12(9-10)17-2)18-13(16)15-7-5-14-6-8-15/h3-4,9,14H,5-8H2,1-2H3. The molecule has 0 spiro atoms. The van der Waals surface area contributed by atoms with Crippen molar-refractivity contribution >= 4 is 6.09 Å². The SMILES string of the molecule is COc1cc(C)ccc1OC(=O)N1CCNCC1. The topological polar surface area (TPSA) is 50.8 Å². The molecule has 0 aliphatic carbocycles. The molecular weight excluding hydrogens is 232 g/mol. The summed E-state index contributed by atoms with van der Waals surface area (Å²) in [6.07, 6.45) is -0.321. The van der Waals surface area contributed by atoms with Gasteiger partial charge in [-0.25, -0.2) is 4.79 Å². The minimum absolute atomic E-state index is 0.321. The van der Waals surface area contributed by atoms with Gasteiger partial charge in [-0.1, -0.05) is 6.07 Å². The van der Waals surface area contributed by atoms with Crippen molar-refractivity contribution in [3.8, 4) is 11.5 Å². The molecule has 1 saturated heterocycles. The molecule has 1 aromatic carbocycles. The lowest BCUT2D eigenvalue weighted by molar-refractivity contribution is 0.144. The Bertz CT molecular complexity index is 428. The zero-order chi connectivity index (χ0) is 13.0. The molecule has 1 fully saturated rings. The van der Waals surface area contributed by atoms with Crippen LogP contribution in [0.25, 0.3) is 0 Å². The van der Waals surface area contributed by atoms with Crippen molar-refractivity contribution in [1.29, 1.82) is 0 Å². The number of carbonyl (C=O) groups is 1. The number of aryl methyl sites for hydroxylation is 1. The summed E-state index contributed by atoms with van der Waals surface area (Å²) >= 11 is 0. The Morgan fingerprint density at radius 2 is 2.00 bits per heavy atom. The molecule has 0 saturated carbocycles. The van der Waals surface area contributed by atoms with E-state index in [-0.39, 0.29) is 6.09 Å². The molecule has 0 unspecified atom stereocenters. The van der Waals surface area contributed by atoms with Crippen molar-refractivity contribution in [3.63, 3.8) is 0 Å². The minimum Gasteiger partial charge on any atom is -0.493 e. The second-order valence-corrected chi connectivity index (χ2v) is 4.26. The third kappa shape index (κ3) is 2.92. The first-order chi connectivity index (χ1) is 8.70. The van der Waals surface area contributed by atoms with Gasteiger partial charge in [0.1, 0.15) is 0 Å². The molecule has 2 rings (SSSR count). The van der Waals surface area contributed by atoms with Crippen LogP contribution in [0, 0.1) is 6.92 Å². The van der Waals surface area contributed by atoms with Gasteiger partial charge in [-0.3, -0.25) is 0 Å². The molecule has 1 aromatic rings. The van der Waals surface area contributed by atoms with E-state index in [2.05, 4.69) is 5.32 Å². The molecule has 18 heavy (non-hydrogen) atoms. The van der Waals surface area contributed by atoms with Crippen molar-refractivity contribution in [2.45, 2.75) is 6.92 Å². The predicted molar refractivity (Wildman–Crippen MR) is 68.2 cm³/mol. The summed E-state index contributed by atoms with van der Waals surface area (Å²) in [5.74, 6) is 1.05. The van der Waals surface area contributed by atoms with Gasteiger partial charge in [0, 0.05) is 26.2 Å². The summed E-state index contributed by atoms with van der Waals surface area (Å²) in [4.78, 5) is 13.6. The molecule has 0 radical (unpaired) electrons. The number of benzene rings is 1. The number of hydrogen-bond acceptors (Lipinski definition) is 4. The largest absolute Gasteiger partial charge is 0.493 e. The fraction of sp³-hybridized carbons (Fsp3) is 0.462. The summed E-state index contributed by atoms with van der Waals surface area (Å²) in [5.41, 5.74) is 1.06. The maximum absolute atomic E-state index is 11.9. The summed E-state index contributed by atoms with van der Waals surface area (Å²) in [5, 5.41) is 3.19. The van der Waals surface area contributed by atoms with Gasteiger partial charge >= 0.3 is 6.09 Å². The minimum atomic E-state index is -0.321. The molecule has 1 N–H and O–H groups in total. The molecule has 1 heterocycles. The lowest BCUT2D eigenvalue weighted by atomic mass is 10.2. The van der Waals surface area contributed by atoms with E-state index in [0.29, 0.717) is 24.6 Å². The maximum atomic E-state index is 11.9. The first kappa shape index (κ1) is 12.7. The molecule has 5 heteroatoms. The highest BCUT2D eigenvalue weighted by Gasteiger charge is 2.19. The third-order valence-electron chi connectivity index (χ3n) is 2.89. The van der Waals surface area contributed by atoms with Crippen molar-refractivity contribution in [1.82, 2.24) is 10.2 Å². The van der Waals surface area contributed by atoms with E-state index >= 15 is 0 Å². The highest BCUT2D eigenvalue weighted by Crippen LogP contribution is 2.28. The average Bonchev–Trinajstić information content (AvgIpc) is 2.41. The van der Waals surface area contributed by atoms with Crippen LogP contribution in [0.2, 0.25) is 0 Å². The third-order valence-corrected chi connectivity index (χ3v) is 2.89. The molecule has 1 amide bonds. The Hall–Kier alpha value is -1.75. The quantitative estimate of drug-likeness (QED) is 0.862. The van der Waals surface area contributed by atoms with Crippen LogP contribution in [-0.4, -0.2) is 44.3 Å². The number of rotatable bonds is 2. The predicted octanol–water partition coefficient (Wildman–Crippen LogP) is 1.41. The summed E-state index contributed by atoms with van der Waals surface area (Å²) in [7, 11) is 1.57. The van der Waals surface area contributed by atoms with Gasteiger partial charge in [-0.2, -0.15) is 0 Å². The van der Waals surface area contributed by atoms with Gasteiger partial charge in [-0.05, 0) is 24.6 Å². The number of nitrogens with zero attached hydrogens (tertiary/aromatic N) is 1. The van der Waals surface area contributed by atoms with E-state index in [1.807, 2.05) is 19.1 Å². The lowest BCUT2D eigenvalue weighted by Gasteiger charge is -2.26. The highest BCUT2D eigenvalue weighted by molar-refractivity contribution is 5.72. The van der Waals surface area contributed by atoms with Crippen LogP contribution in [-0.2, 0) is 0 Å². The molecule has 0 aromatic heterocycles. The van der Waals surface area contributed by atoms with Crippen LogP contribution >= 0.6 is 0 Å². The normalized spacial score (nSPS) is 15.3. The summed E-state index contributed by atoms with van der Waals surface area (Å²) in [6.45, 7) is 4.92. The van der Waals surface area contributed by atoms with Crippen molar-refractivity contribution in [3.05, 3.63) is 23.8 Å². The van der Waals surface area contributed by atoms with Crippen LogP contribution < -0.4 is 14.8 Å².